The smallest absolute Gasteiger partial charge is 0.242 e. The molecule has 0 aliphatic heterocycles. The van der Waals surface area contributed by atoms with E-state index in [1.807, 2.05) is 6.92 Å². The van der Waals surface area contributed by atoms with Crippen molar-refractivity contribution in [3.8, 4) is 11.8 Å². The summed E-state index contributed by atoms with van der Waals surface area (Å²) in [5.74, 6) is 5.13. The molecule has 98 valence electrons. The zero-order chi connectivity index (χ0) is 13.8. The van der Waals surface area contributed by atoms with E-state index < -0.39 is 10.0 Å². The minimum atomic E-state index is -3.57. The fourth-order valence-electron chi connectivity index (χ4n) is 1.48. The molecular formula is C13H17NO3S. The summed E-state index contributed by atoms with van der Waals surface area (Å²) in [5, 5.41) is 8.70. The zero-order valence-electron chi connectivity index (χ0n) is 10.7. The maximum Gasteiger partial charge on any atom is 0.242 e. The third-order valence-electron chi connectivity index (χ3n) is 2.12. The highest BCUT2D eigenvalue weighted by molar-refractivity contribution is 7.89. The van der Waals surface area contributed by atoms with Crippen molar-refractivity contribution in [1.29, 1.82) is 0 Å². The predicted octanol–water partition coefficient (Wildman–Crippen LogP) is 1.03. The van der Waals surface area contributed by atoms with Gasteiger partial charge in [0.2, 0.25) is 10.0 Å². The molecule has 0 bridgehead atoms. The summed E-state index contributed by atoms with van der Waals surface area (Å²) >= 11 is 0. The second-order valence-corrected chi connectivity index (χ2v) is 5.92. The van der Waals surface area contributed by atoms with Gasteiger partial charge in [0.15, 0.2) is 0 Å². The maximum absolute atomic E-state index is 12.1. The van der Waals surface area contributed by atoms with E-state index in [1.54, 1.807) is 26.0 Å². The van der Waals surface area contributed by atoms with Gasteiger partial charge in [0.05, 0.1) is 4.90 Å². The molecule has 0 saturated carbocycles. The van der Waals surface area contributed by atoms with Gasteiger partial charge < -0.3 is 5.11 Å². The number of sulfonamides is 1. The lowest BCUT2D eigenvalue weighted by molar-refractivity contribution is 0.350. The zero-order valence-corrected chi connectivity index (χ0v) is 11.5. The summed E-state index contributed by atoms with van der Waals surface area (Å²) in [5.41, 5.74) is 1.32. The highest BCUT2D eigenvalue weighted by Gasteiger charge is 2.18. The molecule has 0 spiro atoms. The van der Waals surface area contributed by atoms with Gasteiger partial charge in [-0.15, -0.1) is 0 Å². The van der Waals surface area contributed by atoms with Crippen molar-refractivity contribution in [3.63, 3.8) is 0 Å². The monoisotopic (exact) mass is 267 g/mol. The molecule has 2 N–H and O–H groups in total. The van der Waals surface area contributed by atoms with Crippen molar-refractivity contribution in [2.45, 2.75) is 31.7 Å². The Bertz CT molecular complexity index is 580. The van der Waals surface area contributed by atoms with Crippen molar-refractivity contribution in [3.05, 3.63) is 29.3 Å². The molecule has 0 saturated heterocycles. The number of benzene rings is 1. The second-order valence-electron chi connectivity index (χ2n) is 4.24. The minimum Gasteiger partial charge on any atom is -0.384 e. The topological polar surface area (TPSA) is 66.4 Å². The summed E-state index contributed by atoms with van der Waals surface area (Å²) in [6.07, 6.45) is 0. The number of aliphatic hydroxyl groups excluding tert-OH is 1. The van der Waals surface area contributed by atoms with E-state index in [0.717, 1.165) is 5.56 Å². The number of rotatable bonds is 3. The van der Waals surface area contributed by atoms with Gasteiger partial charge in [-0.1, -0.05) is 17.9 Å². The first-order valence-electron chi connectivity index (χ1n) is 5.59. The fraction of sp³-hybridized carbons (Fsp3) is 0.385. The Morgan fingerprint density at radius 2 is 2.06 bits per heavy atom. The highest BCUT2D eigenvalue weighted by atomic mass is 32.2. The molecule has 1 rings (SSSR count). The van der Waals surface area contributed by atoms with E-state index in [9.17, 15) is 8.42 Å². The number of aliphatic hydroxyl groups is 1. The van der Waals surface area contributed by atoms with Crippen molar-refractivity contribution < 1.29 is 13.5 Å². The Balaban J connectivity index is 3.32. The van der Waals surface area contributed by atoms with Crippen LogP contribution in [0.1, 0.15) is 25.0 Å². The third-order valence-corrected chi connectivity index (χ3v) is 3.83. The van der Waals surface area contributed by atoms with Gasteiger partial charge in [-0.3, -0.25) is 0 Å². The maximum atomic E-state index is 12.1. The average molecular weight is 267 g/mol. The van der Waals surface area contributed by atoms with E-state index in [-0.39, 0.29) is 17.5 Å². The summed E-state index contributed by atoms with van der Waals surface area (Å²) < 4.78 is 26.7. The lowest BCUT2D eigenvalue weighted by atomic mass is 10.1. The summed E-state index contributed by atoms with van der Waals surface area (Å²) in [4.78, 5) is 0.141. The Morgan fingerprint density at radius 1 is 1.39 bits per heavy atom. The quantitative estimate of drug-likeness (QED) is 0.804. The van der Waals surface area contributed by atoms with E-state index in [2.05, 4.69) is 16.6 Å². The molecular weight excluding hydrogens is 250 g/mol. The average Bonchev–Trinajstić information content (AvgIpc) is 2.24. The lowest BCUT2D eigenvalue weighted by Gasteiger charge is -2.11. The Hall–Kier alpha value is -1.35. The highest BCUT2D eigenvalue weighted by Crippen LogP contribution is 2.16. The largest absolute Gasteiger partial charge is 0.384 e. The third kappa shape index (κ3) is 3.84. The van der Waals surface area contributed by atoms with Gasteiger partial charge in [-0.05, 0) is 38.5 Å². The molecule has 0 aliphatic rings. The van der Waals surface area contributed by atoms with Crippen molar-refractivity contribution >= 4 is 10.0 Å². The molecule has 0 heterocycles. The van der Waals surface area contributed by atoms with E-state index >= 15 is 0 Å². The van der Waals surface area contributed by atoms with Gasteiger partial charge in [0, 0.05) is 11.6 Å². The summed E-state index contributed by atoms with van der Waals surface area (Å²) in [6, 6.07) is 4.76. The van der Waals surface area contributed by atoms with Crippen LogP contribution in [0.15, 0.2) is 23.1 Å². The van der Waals surface area contributed by atoms with E-state index in [0.29, 0.717) is 5.56 Å². The fourth-order valence-corrected chi connectivity index (χ4v) is 2.88. The van der Waals surface area contributed by atoms with E-state index in [1.165, 1.54) is 6.07 Å². The van der Waals surface area contributed by atoms with Gasteiger partial charge >= 0.3 is 0 Å². The molecule has 0 radical (unpaired) electrons. The van der Waals surface area contributed by atoms with Crippen LogP contribution < -0.4 is 4.72 Å². The molecule has 0 fully saturated rings. The molecule has 0 unspecified atom stereocenters. The van der Waals surface area contributed by atoms with Gasteiger partial charge in [0.1, 0.15) is 6.61 Å². The van der Waals surface area contributed by atoms with Crippen LogP contribution >= 0.6 is 0 Å². The number of nitrogens with one attached hydrogen (secondary N) is 1. The lowest BCUT2D eigenvalue weighted by Crippen LogP contribution is -2.30. The number of hydrogen-bond donors (Lipinski definition) is 2. The van der Waals surface area contributed by atoms with Crippen LogP contribution in [0.3, 0.4) is 0 Å². The molecule has 1 aromatic rings. The first kappa shape index (κ1) is 14.7. The Morgan fingerprint density at radius 3 is 2.61 bits per heavy atom. The van der Waals surface area contributed by atoms with Crippen LogP contribution in [-0.4, -0.2) is 26.2 Å². The van der Waals surface area contributed by atoms with Crippen LogP contribution in [0.2, 0.25) is 0 Å². The Labute approximate surface area is 108 Å². The summed E-state index contributed by atoms with van der Waals surface area (Å²) in [6.45, 7) is 5.07. The second kappa shape index (κ2) is 6.01. The van der Waals surface area contributed by atoms with Crippen molar-refractivity contribution in [2.75, 3.05) is 6.61 Å². The number of hydrogen-bond acceptors (Lipinski definition) is 3. The summed E-state index contributed by atoms with van der Waals surface area (Å²) in [7, 11) is -3.57. The first-order valence-corrected chi connectivity index (χ1v) is 7.08. The van der Waals surface area contributed by atoms with Crippen LogP contribution in [0, 0.1) is 18.8 Å². The molecule has 1 aromatic carbocycles. The Kier molecular flexibility index (Phi) is 4.91. The number of aryl methyl sites for hydroxylation is 1. The van der Waals surface area contributed by atoms with Gasteiger partial charge in [-0.2, -0.15) is 0 Å². The van der Waals surface area contributed by atoms with Crippen LogP contribution in [-0.2, 0) is 10.0 Å². The van der Waals surface area contributed by atoms with Gasteiger partial charge in [0.25, 0.3) is 0 Å². The predicted molar refractivity (Wildman–Crippen MR) is 70.6 cm³/mol. The van der Waals surface area contributed by atoms with Crippen LogP contribution in [0.25, 0.3) is 0 Å². The molecule has 18 heavy (non-hydrogen) atoms. The van der Waals surface area contributed by atoms with Crippen molar-refractivity contribution in [1.82, 2.24) is 4.72 Å². The van der Waals surface area contributed by atoms with E-state index in [4.69, 9.17) is 5.11 Å². The van der Waals surface area contributed by atoms with Crippen LogP contribution in [0.4, 0.5) is 0 Å². The first-order chi connectivity index (χ1) is 8.36. The van der Waals surface area contributed by atoms with Crippen molar-refractivity contribution in [2.24, 2.45) is 0 Å². The van der Waals surface area contributed by atoms with Crippen LogP contribution in [0.5, 0.6) is 0 Å². The molecule has 0 amide bonds. The molecule has 5 heteroatoms. The molecule has 0 aromatic heterocycles. The molecule has 4 nitrogen and oxygen atoms in total. The minimum absolute atomic E-state index is 0.141. The van der Waals surface area contributed by atoms with Gasteiger partial charge in [-0.25, -0.2) is 13.1 Å². The normalized spacial score (nSPS) is 11.2. The molecule has 0 aliphatic carbocycles. The SMILES string of the molecule is Cc1ccc(S(=O)(=O)NC(C)C)c(C#CCO)c1. The molecule has 0 atom stereocenters. The standard InChI is InChI=1S/C13H17NO3S/c1-10(2)14-18(16,17)13-7-6-11(3)9-12(13)5-4-8-15/h6-7,9-10,14-15H,8H2,1-3H3.